The Bertz CT molecular complexity index is 771. The van der Waals surface area contributed by atoms with Crippen molar-refractivity contribution in [3.05, 3.63) is 30.0 Å². The molecule has 10 nitrogen and oxygen atoms in total. The van der Waals surface area contributed by atoms with E-state index >= 15 is 0 Å². The third-order valence-corrected chi connectivity index (χ3v) is 4.00. The summed E-state index contributed by atoms with van der Waals surface area (Å²) in [4.78, 5) is 46.4. The van der Waals surface area contributed by atoms with Crippen molar-refractivity contribution >= 4 is 23.5 Å². The molecular weight excluding hydrogens is 405 g/mol. The van der Waals surface area contributed by atoms with Gasteiger partial charge in [-0.05, 0) is 26.9 Å². The number of nitrogens with zero attached hydrogens (tertiary/aromatic N) is 4. The zero-order chi connectivity index (χ0) is 23.2. The van der Waals surface area contributed by atoms with Crippen LogP contribution in [-0.2, 0) is 9.59 Å². The first kappa shape index (κ1) is 26.0. The van der Waals surface area contributed by atoms with E-state index in [4.69, 9.17) is 0 Å². The third-order valence-electron chi connectivity index (χ3n) is 4.00. The van der Waals surface area contributed by atoms with Crippen molar-refractivity contribution in [1.29, 1.82) is 0 Å². The fourth-order valence-corrected chi connectivity index (χ4v) is 2.36. The van der Waals surface area contributed by atoms with Crippen LogP contribution in [0.1, 0.15) is 30.1 Å². The standard InChI is InChI=1S/C20H32FN7O3/c1-5-9-23-18-15(13-25-20(21)26-18)19(31)24-11-7-10-22-16(29)14-28(4)17(30)8-6-12-27(2)3/h6,8,13H,5,7,9-12,14H2,1-4H3,(H,22,29)(H,24,31)(H,23,25,26)/b8-6+. The summed E-state index contributed by atoms with van der Waals surface area (Å²) in [5.41, 5.74) is 0.154. The van der Waals surface area contributed by atoms with Gasteiger partial charge < -0.3 is 25.8 Å². The minimum atomic E-state index is -0.908. The smallest absolute Gasteiger partial charge is 0.310 e. The number of likely N-dealkylation sites (N-methyl/N-ethyl adjacent to an activating group) is 2. The Morgan fingerprint density at radius 1 is 1.13 bits per heavy atom. The van der Waals surface area contributed by atoms with Gasteiger partial charge in [0.25, 0.3) is 5.91 Å². The molecule has 0 saturated heterocycles. The van der Waals surface area contributed by atoms with E-state index < -0.39 is 12.0 Å². The van der Waals surface area contributed by atoms with E-state index in [-0.39, 0.29) is 29.7 Å². The van der Waals surface area contributed by atoms with E-state index in [1.54, 1.807) is 13.1 Å². The van der Waals surface area contributed by atoms with Crippen LogP contribution in [0.5, 0.6) is 0 Å². The summed E-state index contributed by atoms with van der Waals surface area (Å²) in [7, 11) is 5.34. The average molecular weight is 438 g/mol. The van der Waals surface area contributed by atoms with Crippen LogP contribution in [0, 0.1) is 6.08 Å². The van der Waals surface area contributed by atoms with Crippen LogP contribution in [0.15, 0.2) is 18.3 Å². The van der Waals surface area contributed by atoms with Crippen LogP contribution < -0.4 is 16.0 Å². The van der Waals surface area contributed by atoms with Crippen molar-refractivity contribution in [2.45, 2.75) is 19.8 Å². The molecule has 1 aromatic heterocycles. The van der Waals surface area contributed by atoms with Gasteiger partial charge in [0, 0.05) is 45.5 Å². The van der Waals surface area contributed by atoms with E-state index in [0.29, 0.717) is 32.6 Å². The summed E-state index contributed by atoms with van der Waals surface area (Å²) in [5.74, 6) is -0.827. The van der Waals surface area contributed by atoms with Gasteiger partial charge in [0.1, 0.15) is 11.4 Å². The number of carbonyl (C=O) groups excluding carboxylic acids is 3. The lowest BCUT2D eigenvalue weighted by atomic mass is 10.2. The molecular formula is C20H32FN7O3. The lowest BCUT2D eigenvalue weighted by molar-refractivity contribution is -0.131. The summed E-state index contributed by atoms with van der Waals surface area (Å²) in [5, 5.41) is 8.29. The summed E-state index contributed by atoms with van der Waals surface area (Å²) < 4.78 is 13.2. The molecule has 1 rings (SSSR count). The zero-order valence-corrected chi connectivity index (χ0v) is 18.6. The van der Waals surface area contributed by atoms with Gasteiger partial charge >= 0.3 is 6.08 Å². The SMILES string of the molecule is CCCNc1nc(F)ncc1C(=O)NCCCNC(=O)CN(C)C(=O)/C=C/CN(C)C. The highest BCUT2D eigenvalue weighted by Gasteiger charge is 2.14. The van der Waals surface area contributed by atoms with Crippen LogP contribution in [0.25, 0.3) is 0 Å². The number of nitrogens with one attached hydrogen (secondary N) is 3. The second-order valence-corrected chi connectivity index (χ2v) is 7.15. The van der Waals surface area contributed by atoms with Gasteiger partial charge in [0.05, 0.1) is 6.54 Å². The number of halogens is 1. The fraction of sp³-hybridized carbons (Fsp3) is 0.550. The molecule has 0 saturated carbocycles. The average Bonchev–Trinajstić information content (AvgIpc) is 2.71. The molecule has 0 bridgehead atoms. The van der Waals surface area contributed by atoms with Crippen molar-refractivity contribution in [1.82, 2.24) is 30.4 Å². The van der Waals surface area contributed by atoms with Gasteiger partial charge in [-0.2, -0.15) is 9.37 Å². The summed E-state index contributed by atoms with van der Waals surface area (Å²) in [6.45, 7) is 3.69. The van der Waals surface area contributed by atoms with Crippen molar-refractivity contribution in [3.8, 4) is 0 Å². The van der Waals surface area contributed by atoms with Crippen molar-refractivity contribution in [3.63, 3.8) is 0 Å². The summed E-state index contributed by atoms with van der Waals surface area (Å²) in [6.07, 6.45) is 4.67. The molecule has 1 heterocycles. The van der Waals surface area contributed by atoms with Gasteiger partial charge in [-0.25, -0.2) is 4.98 Å². The molecule has 0 aliphatic carbocycles. The number of hydrogen-bond donors (Lipinski definition) is 3. The number of amides is 3. The molecule has 0 aliphatic heterocycles. The van der Waals surface area contributed by atoms with Crippen LogP contribution >= 0.6 is 0 Å². The van der Waals surface area contributed by atoms with Gasteiger partial charge in [-0.1, -0.05) is 13.0 Å². The van der Waals surface area contributed by atoms with Crippen molar-refractivity contribution in [2.24, 2.45) is 0 Å². The molecule has 1 aromatic rings. The second kappa shape index (κ2) is 14.0. The predicted molar refractivity (Wildman–Crippen MR) is 116 cm³/mol. The van der Waals surface area contributed by atoms with E-state index in [1.807, 2.05) is 25.9 Å². The molecule has 0 aromatic carbocycles. The van der Waals surface area contributed by atoms with Gasteiger partial charge in [0.15, 0.2) is 0 Å². The first-order valence-corrected chi connectivity index (χ1v) is 10.1. The summed E-state index contributed by atoms with van der Waals surface area (Å²) in [6, 6.07) is 0. The third kappa shape index (κ3) is 10.5. The maximum absolute atomic E-state index is 13.2. The largest absolute Gasteiger partial charge is 0.369 e. The van der Waals surface area contributed by atoms with Gasteiger partial charge in [-0.3, -0.25) is 14.4 Å². The van der Waals surface area contributed by atoms with Crippen LogP contribution in [0.4, 0.5) is 10.2 Å². The lowest BCUT2D eigenvalue weighted by Crippen LogP contribution is -2.38. The topological polar surface area (TPSA) is 120 Å². The van der Waals surface area contributed by atoms with Gasteiger partial charge in [-0.15, -0.1) is 0 Å². The Morgan fingerprint density at radius 3 is 2.52 bits per heavy atom. The molecule has 31 heavy (non-hydrogen) atoms. The minimum Gasteiger partial charge on any atom is -0.369 e. The van der Waals surface area contributed by atoms with E-state index in [0.717, 1.165) is 12.6 Å². The second-order valence-electron chi connectivity index (χ2n) is 7.15. The molecule has 3 N–H and O–H groups in total. The van der Waals surface area contributed by atoms with Crippen LogP contribution in [0.3, 0.4) is 0 Å². The van der Waals surface area contributed by atoms with Crippen LogP contribution in [0.2, 0.25) is 0 Å². The lowest BCUT2D eigenvalue weighted by Gasteiger charge is -2.15. The van der Waals surface area contributed by atoms with E-state index in [2.05, 4.69) is 25.9 Å². The molecule has 0 fully saturated rings. The Morgan fingerprint density at radius 2 is 1.84 bits per heavy atom. The molecule has 0 unspecified atom stereocenters. The maximum Gasteiger partial charge on any atom is 0.310 e. The normalized spacial score (nSPS) is 10.9. The number of hydrogen-bond acceptors (Lipinski definition) is 7. The minimum absolute atomic E-state index is 0.0587. The maximum atomic E-state index is 13.2. The van der Waals surface area contributed by atoms with E-state index in [9.17, 15) is 18.8 Å². The number of aromatic nitrogens is 2. The summed E-state index contributed by atoms with van der Waals surface area (Å²) >= 11 is 0. The van der Waals surface area contributed by atoms with Gasteiger partial charge in [0.2, 0.25) is 11.8 Å². The van der Waals surface area contributed by atoms with Crippen LogP contribution in [-0.4, -0.2) is 91.4 Å². The number of carbonyl (C=O) groups is 3. The number of rotatable bonds is 13. The molecule has 3 amide bonds. The fourth-order valence-electron chi connectivity index (χ4n) is 2.36. The highest BCUT2D eigenvalue weighted by molar-refractivity contribution is 5.98. The predicted octanol–water partition coefficient (Wildman–Crippen LogP) is 0.250. The highest BCUT2D eigenvalue weighted by Crippen LogP contribution is 2.11. The van der Waals surface area contributed by atoms with Crippen molar-refractivity contribution < 1.29 is 18.8 Å². The Labute approximate surface area is 182 Å². The molecule has 11 heteroatoms. The molecule has 0 aliphatic rings. The molecule has 172 valence electrons. The van der Waals surface area contributed by atoms with Crippen molar-refractivity contribution in [2.75, 3.05) is 59.2 Å². The monoisotopic (exact) mass is 437 g/mol. The molecule has 0 atom stereocenters. The zero-order valence-electron chi connectivity index (χ0n) is 18.6. The molecule has 0 spiro atoms. The van der Waals surface area contributed by atoms with E-state index in [1.165, 1.54) is 11.0 Å². The Kier molecular flexibility index (Phi) is 11.7. The Balaban J connectivity index is 2.34. The first-order chi connectivity index (χ1) is 14.7. The Hall–Kier alpha value is -3.08. The first-order valence-electron chi connectivity index (χ1n) is 10.1. The molecule has 0 radical (unpaired) electrons. The highest BCUT2D eigenvalue weighted by atomic mass is 19.1. The quantitative estimate of drug-likeness (QED) is 0.230. The number of anilines is 1.